The average molecular weight is 223 g/mol. The van der Waals surface area contributed by atoms with Crippen molar-refractivity contribution >= 4 is 0 Å². The zero-order chi connectivity index (χ0) is 11.1. The van der Waals surface area contributed by atoms with Gasteiger partial charge in [0.1, 0.15) is 25.0 Å². The van der Waals surface area contributed by atoms with Crippen LogP contribution in [0, 0.1) is 5.41 Å². The van der Waals surface area contributed by atoms with Gasteiger partial charge in [0.25, 0.3) is 0 Å². The molecule has 3 nitrogen and oxygen atoms in total. The smallest absolute Gasteiger partial charge is 0.125 e. The largest absolute Gasteiger partial charge is 0.466 e. The van der Waals surface area contributed by atoms with Crippen molar-refractivity contribution in [1.29, 1.82) is 0 Å². The van der Waals surface area contributed by atoms with Crippen LogP contribution in [0.4, 0.5) is 0 Å². The quantitative estimate of drug-likeness (QED) is 0.685. The fourth-order valence-electron chi connectivity index (χ4n) is 2.80. The van der Waals surface area contributed by atoms with Gasteiger partial charge in [-0.1, -0.05) is 12.8 Å². The van der Waals surface area contributed by atoms with Gasteiger partial charge in [0.05, 0.1) is 0 Å². The van der Waals surface area contributed by atoms with Crippen molar-refractivity contribution in [2.24, 2.45) is 5.41 Å². The molecule has 0 aromatic heterocycles. The minimum atomic E-state index is 0.811. The third kappa shape index (κ3) is 3.27. The number of hydrogen-bond donors (Lipinski definition) is 1. The van der Waals surface area contributed by atoms with E-state index in [0.29, 0.717) is 0 Å². The minimum absolute atomic E-state index is 0.811. The Hall–Kier alpha value is -0.960. The molecule has 90 valence electrons. The summed E-state index contributed by atoms with van der Waals surface area (Å²) in [5.74, 6) is 0. The van der Waals surface area contributed by atoms with E-state index in [4.69, 9.17) is 0 Å². The monoisotopic (exact) mass is 223 g/mol. The summed E-state index contributed by atoms with van der Waals surface area (Å²) >= 11 is 0. The van der Waals surface area contributed by atoms with Crippen molar-refractivity contribution in [3.8, 4) is 0 Å². The number of nitrogens with one attached hydrogen (secondary N) is 1. The van der Waals surface area contributed by atoms with Crippen molar-refractivity contribution in [2.75, 3.05) is 13.1 Å². The molecule has 1 spiro atoms. The highest BCUT2D eigenvalue weighted by atomic mass is 16.5. The summed E-state index contributed by atoms with van der Waals surface area (Å²) in [7, 11) is 0. The number of piperidine rings is 1. The molecule has 1 aliphatic carbocycles. The Balaban J connectivity index is 0.000000138. The summed E-state index contributed by atoms with van der Waals surface area (Å²) in [6, 6.07) is 0. The lowest BCUT2D eigenvalue weighted by atomic mass is 9.78. The zero-order valence-electron chi connectivity index (χ0n) is 9.78. The first kappa shape index (κ1) is 11.5. The highest BCUT2D eigenvalue weighted by molar-refractivity contribution is 4.88. The first-order valence-electron chi connectivity index (χ1n) is 6.23. The van der Waals surface area contributed by atoms with Gasteiger partial charge in [-0.2, -0.15) is 0 Å². The lowest BCUT2D eigenvalue weighted by molar-refractivity contribution is 0.210. The van der Waals surface area contributed by atoms with E-state index in [9.17, 15) is 0 Å². The molecule has 3 aliphatic rings. The van der Waals surface area contributed by atoms with Crippen molar-refractivity contribution in [1.82, 2.24) is 5.32 Å². The second-order valence-electron chi connectivity index (χ2n) is 4.77. The molecule has 16 heavy (non-hydrogen) atoms. The third-order valence-corrected chi connectivity index (χ3v) is 3.75. The normalized spacial score (nSPS) is 25.5. The van der Waals surface area contributed by atoms with Gasteiger partial charge in [-0.3, -0.25) is 0 Å². The van der Waals surface area contributed by atoms with Crippen LogP contribution in [-0.2, 0) is 9.47 Å². The van der Waals surface area contributed by atoms with Gasteiger partial charge in [-0.15, -0.1) is 0 Å². The van der Waals surface area contributed by atoms with Gasteiger partial charge in [-0.25, -0.2) is 0 Å². The van der Waals surface area contributed by atoms with Crippen LogP contribution < -0.4 is 5.32 Å². The molecule has 0 amide bonds. The zero-order valence-corrected chi connectivity index (χ0v) is 9.78. The molecule has 0 aromatic rings. The van der Waals surface area contributed by atoms with Crippen LogP contribution in [0.5, 0.6) is 0 Å². The first-order valence-corrected chi connectivity index (χ1v) is 6.23. The highest BCUT2D eigenvalue weighted by Gasteiger charge is 2.34. The maximum absolute atomic E-state index is 4.58. The van der Waals surface area contributed by atoms with Gasteiger partial charge < -0.3 is 14.8 Å². The Labute approximate surface area is 97.5 Å². The molecule has 2 fully saturated rings. The minimum Gasteiger partial charge on any atom is -0.466 e. The summed E-state index contributed by atoms with van der Waals surface area (Å²) in [6.45, 7) is 2.56. The summed E-state index contributed by atoms with van der Waals surface area (Å²) in [5.41, 5.74) is 0.811. The average Bonchev–Trinajstić information content (AvgIpc) is 2.81. The summed E-state index contributed by atoms with van der Waals surface area (Å²) in [5, 5.41) is 3.44. The first-order chi connectivity index (χ1) is 7.91. The van der Waals surface area contributed by atoms with Gasteiger partial charge in [0, 0.05) is 0 Å². The molecule has 0 atom stereocenters. The molecule has 2 heterocycles. The van der Waals surface area contributed by atoms with E-state index in [-0.39, 0.29) is 0 Å². The van der Waals surface area contributed by atoms with Crippen LogP contribution in [0.2, 0.25) is 0 Å². The highest BCUT2D eigenvalue weighted by Crippen LogP contribution is 2.44. The topological polar surface area (TPSA) is 30.5 Å². The molecule has 0 aromatic carbocycles. The van der Waals surface area contributed by atoms with E-state index in [1.165, 1.54) is 76.7 Å². The standard InChI is InChI=1S/C9H17N.C4H4O2/c1-2-4-9(3-1)5-7-10-8-6-9;1-2-6-4-3-5-1/h10H,1-8H2;1-4H. The van der Waals surface area contributed by atoms with Crippen molar-refractivity contribution in [2.45, 2.75) is 38.5 Å². The van der Waals surface area contributed by atoms with E-state index >= 15 is 0 Å². The van der Waals surface area contributed by atoms with E-state index in [0.717, 1.165) is 5.41 Å². The fourth-order valence-corrected chi connectivity index (χ4v) is 2.80. The molecule has 2 aliphatic heterocycles. The van der Waals surface area contributed by atoms with E-state index < -0.39 is 0 Å². The molecule has 1 N–H and O–H groups in total. The summed E-state index contributed by atoms with van der Waals surface area (Å²) in [4.78, 5) is 0. The van der Waals surface area contributed by atoms with Crippen LogP contribution in [0.1, 0.15) is 38.5 Å². The maximum Gasteiger partial charge on any atom is 0.125 e. The number of ether oxygens (including phenoxy) is 2. The number of hydrogen-bond acceptors (Lipinski definition) is 3. The lowest BCUT2D eigenvalue weighted by Crippen LogP contribution is -2.34. The molecule has 0 radical (unpaired) electrons. The van der Waals surface area contributed by atoms with Crippen molar-refractivity contribution in [3.05, 3.63) is 25.0 Å². The predicted molar refractivity (Wildman–Crippen MR) is 63.5 cm³/mol. The molecular weight excluding hydrogens is 202 g/mol. The number of rotatable bonds is 0. The Bertz CT molecular complexity index is 227. The second kappa shape index (κ2) is 5.94. The Morgan fingerprint density at radius 3 is 1.69 bits per heavy atom. The Morgan fingerprint density at radius 1 is 0.750 bits per heavy atom. The summed E-state index contributed by atoms with van der Waals surface area (Å²) < 4.78 is 9.17. The molecular formula is C13H21NO2. The van der Waals surface area contributed by atoms with Crippen LogP contribution in [0.15, 0.2) is 25.0 Å². The van der Waals surface area contributed by atoms with Crippen LogP contribution in [0.25, 0.3) is 0 Å². The van der Waals surface area contributed by atoms with E-state index in [2.05, 4.69) is 14.8 Å². The Kier molecular flexibility index (Phi) is 4.28. The molecule has 1 saturated carbocycles. The van der Waals surface area contributed by atoms with Crippen LogP contribution in [0.3, 0.4) is 0 Å². The molecule has 3 heteroatoms. The third-order valence-electron chi connectivity index (χ3n) is 3.75. The van der Waals surface area contributed by atoms with Gasteiger partial charge in [-0.05, 0) is 44.2 Å². The van der Waals surface area contributed by atoms with Gasteiger partial charge in [0.15, 0.2) is 0 Å². The second-order valence-corrected chi connectivity index (χ2v) is 4.77. The van der Waals surface area contributed by atoms with Gasteiger partial charge >= 0.3 is 0 Å². The van der Waals surface area contributed by atoms with Gasteiger partial charge in [0.2, 0.25) is 0 Å². The van der Waals surface area contributed by atoms with Crippen molar-refractivity contribution in [3.63, 3.8) is 0 Å². The van der Waals surface area contributed by atoms with Crippen LogP contribution >= 0.6 is 0 Å². The predicted octanol–water partition coefficient (Wildman–Crippen LogP) is 2.91. The molecule has 0 bridgehead atoms. The SMILES string of the molecule is C1=COC=CO1.C1CCC2(C1)CCNCC2. The molecule has 3 rings (SSSR count). The summed E-state index contributed by atoms with van der Waals surface area (Å²) in [6.07, 6.45) is 14.8. The van der Waals surface area contributed by atoms with E-state index in [1.54, 1.807) is 0 Å². The van der Waals surface area contributed by atoms with E-state index in [1.807, 2.05) is 0 Å². The lowest BCUT2D eigenvalue weighted by Gasteiger charge is -2.33. The van der Waals surface area contributed by atoms with Crippen molar-refractivity contribution < 1.29 is 9.47 Å². The van der Waals surface area contributed by atoms with Crippen LogP contribution in [-0.4, -0.2) is 13.1 Å². The maximum atomic E-state index is 4.58. The fraction of sp³-hybridized carbons (Fsp3) is 0.692. The Morgan fingerprint density at radius 2 is 1.25 bits per heavy atom. The molecule has 0 unspecified atom stereocenters. The molecule has 1 saturated heterocycles.